The molecule has 4 heterocycles. The van der Waals surface area contributed by atoms with E-state index in [-0.39, 0.29) is 0 Å². The number of rotatable bonds is 4. The van der Waals surface area contributed by atoms with E-state index in [1.807, 2.05) is 0 Å². The molecule has 5 aliphatic rings. The number of nitrogens with one attached hydrogen (secondary N) is 1. The second-order valence-corrected chi connectivity index (χ2v) is 15.7. The summed E-state index contributed by atoms with van der Waals surface area (Å²) in [6.45, 7) is 0. The van der Waals surface area contributed by atoms with Crippen molar-refractivity contribution < 1.29 is 87.8 Å². The molecular formula is C50H13F20N3. The summed E-state index contributed by atoms with van der Waals surface area (Å²) in [6.07, 6.45) is 2.55. The number of H-pyrrole nitrogens is 1. The lowest BCUT2D eigenvalue weighted by atomic mass is 9.92. The Hall–Kier alpha value is -8.50. The van der Waals surface area contributed by atoms with Gasteiger partial charge in [-0.2, -0.15) is 0 Å². The van der Waals surface area contributed by atoms with Gasteiger partial charge in [0.2, 0.25) is 23.3 Å². The predicted molar refractivity (Wildman–Crippen MR) is 218 cm³/mol. The Bertz CT molecular complexity index is 3660. The molecule has 0 fully saturated rings. The first-order valence-corrected chi connectivity index (χ1v) is 20.1. The molecule has 0 saturated heterocycles. The van der Waals surface area contributed by atoms with Gasteiger partial charge in [-0.05, 0) is 64.8 Å². The smallest absolute Gasteiger partial charge is 0.200 e. The van der Waals surface area contributed by atoms with Gasteiger partial charge < -0.3 is 4.98 Å². The Balaban J connectivity index is 1.51. The summed E-state index contributed by atoms with van der Waals surface area (Å²) in [4.78, 5) is 10.4. The average Bonchev–Trinajstić information content (AvgIpc) is 4.20. The largest absolute Gasteiger partial charge is 0.354 e. The van der Waals surface area contributed by atoms with E-state index in [1.165, 1.54) is 6.07 Å². The van der Waals surface area contributed by atoms with Crippen LogP contribution < -0.4 is 10.7 Å². The second-order valence-electron chi connectivity index (χ2n) is 15.7. The van der Waals surface area contributed by atoms with Gasteiger partial charge in [0.05, 0.1) is 45.1 Å². The van der Waals surface area contributed by atoms with E-state index in [0.717, 1.165) is 24.3 Å². The van der Waals surface area contributed by atoms with E-state index in [0.29, 0.717) is 42.5 Å². The number of aromatic nitrogens is 1. The van der Waals surface area contributed by atoms with Crippen molar-refractivity contribution in [3.05, 3.63) is 245 Å². The highest BCUT2D eigenvalue weighted by Crippen LogP contribution is 2.49. The summed E-state index contributed by atoms with van der Waals surface area (Å²) in [5, 5.41) is -1.88. The first-order chi connectivity index (χ1) is 34.6. The first kappa shape index (κ1) is 48.1. The minimum atomic E-state index is -2.72. The van der Waals surface area contributed by atoms with Gasteiger partial charge in [-0.1, -0.05) is 30.3 Å². The minimum absolute atomic E-state index is 0.466. The van der Waals surface area contributed by atoms with E-state index in [1.54, 1.807) is 0 Å². The number of hydrogen-bond donors (Lipinski definition) is 1. The lowest BCUT2D eigenvalue weighted by molar-refractivity contribution is 0.376. The van der Waals surface area contributed by atoms with Crippen molar-refractivity contribution in [2.75, 3.05) is 0 Å². The number of benzene rings is 4. The number of aromatic amines is 1. The van der Waals surface area contributed by atoms with Gasteiger partial charge in [0.25, 0.3) is 0 Å². The molecule has 8 bridgehead atoms. The van der Waals surface area contributed by atoms with Crippen molar-refractivity contribution in [1.29, 1.82) is 0 Å². The fourth-order valence-electron chi connectivity index (χ4n) is 8.60. The standard InChI is InChI=1S/C50H13F20N3/c51-31-27(32(52)40(60)47(67)39(31)59)23-15-12-16(14-5-3-1-2-4-13(14)15)24(28-33(53)41(61)48(68)42(62)34(28)54)18-7-9-20(72-18)26(30-37(57)45(65)50(70)46(66)38(30)58)22-11-10-21(73-22)25(19-8-6-17(23)71-19)29-35(55)43(63)49(69)44(64)36(29)56/h1-12,73H. The van der Waals surface area contributed by atoms with Gasteiger partial charge in [-0.15, -0.1) is 0 Å². The van der Waals surface area contributed by atoms with Crippen molar-refractivity contribution in [3.63, 3.8) is 0 Å². The molecule has 368 valence electrons. The third-order valence-electron chi connectivity index (χ3n) is 11.8. The number of fused-ring (bicyclic) bond motifs is 9. The van der Waals surface area contributed by atoms with Crippen molar-refractivity contribution in [3.8, 4) is 11.1 Å². The van der Waals surface area contributed by atoms with Crippen molar-refractivity contribution in [2.45, 2.75) is 0 Å². The fraction of sp³-hybridized carbons (Fsp3) is 0. The number of aliphatic imine (C=N–C) groups is 2. The molecule has 4 aromatic carbocycles. The quantitative estimate of drug-likeness (QED) is 0.104. The number of hydrogen-bond acceptors (Lipinski definition) is 2. The molecule has 73 heavy (non-hydrogen) atoms. The van der Waals surface area contributed by atoms with Crippen LogP contribution in [0.2, 0.25) is 0 Å². The Morgan fingerprint density at radius 2 is 0.521 bits per heavy atom. The molecule has 1 N–H and O–H groups in total. The molecule has 0 saturated carbocycles. The lowest BCUT2D eigenvalue weighted by Crippen LogP contribution is -2.24. The Morgan fingerprint density at radius 3 is 0.808 bits per heavy atom. The SMILES string of the molecule is Fc1c(F)c(F)c(C2=C3C=CC(=N3)C(c3c(F)c(F)c(F)c(F)c3F)=c3ccc([nH]3)=C(c3c(F)c(F)c(F)c(F)c3F)C3=NC(=C(c4c(F)c(F)c(F)c(F)c4F)c4cc2c2cccccc4-2)C=C3)c(F)c1F. The third kappa shape index (κ3) is 6.91. The number of nitrogens with zero attached hydrogens (tertiary/aromatic N) is 2. The molecule has 5 aromatic rings. The lowest BCUT2D eigenvalue weighted by Gasteiger charge is -2.15. The van der Waals surface area contributed by atoms with E-state index >= 15 is 70.2 Å². The molecule has 2 aliphatic carbocycles. The molecule has 3 aliphatic heterocycles. The number of allylic oxidation sites excluding steroid dienone is 4. The van der Waals surface area contributed by atoms with E-state index in [4.69, 9.17) is 0 Å². The van der Waals surface area contributed by atoms with Crippen LogP contribution in [0.5, 0.6) is 0 Å². The molecule has 0 atom stereocenters. The maximum absolute atomic E-state index is 16.3. The predicted octanol–water partition coefficient (Wildman–Crippen LogP) is 12.6. The van der Waals surface area contributed by atoms with Crippen LogP contribution in [0, 0.1) is 116 Å². The average molecular weight is 1040 g/mol. The zero-order chi connectivity index (χ0) is 52.5. The van der Waals surface area contributed by atoms with E-state index < -0.39 is 217 Å². The minimum Gasteiger partial charge on any atom is -0.354 e. The van der Waals surface area contributed by atoms with Crippen molar-refractivity contribution in [2.24, 2.45) is 9.98 Å². The zero-order valence-electron chi connectivity index (χ0n) is 34.9. The van der Waals surface area contributed by atoms with Crippen LogP contribution in [0.1, 0.15) is 33.4 Å². The molecule has 0 radical (unpaired) electrons. The van der Waals surface area contributed by atoms with E-state index in [2.05, 4.69) is 15.0 Å². The van der Waals surface area contributed by atoms with Crippen molar-refractivity contribution in [1.82, 2.24) is 4.98 Å². The molecular weight excluding hydrogens is 1020 g/mol. The molecule has 1 aromatic heterocycles. The fourth-order valence-corrected chi connectivity index (χ4v) is 8.60. The molecule has 3 nitrogen and oxygen atoms in total. The second kappa shape index (κ2) is 17.1. The Labute approximate surface area is 391 Å². The molecule has 23 heteroatoms. The van der Waals surface area contributed by atoms with Crippen LogP contribution in [0.15, 0.2) is 94.2 Å². The first-order valence-electron chi connectivity index (χ1n) is 20.1. The normalized spacial score (nSPS) is 14.5. The zero-order valence-corrected chi connectivity index (χ0v) is 34.9. The highest BCUT2D eigenvalue weighted by molar-refractivity contribution is 6.32. The van der Waals surface area contributed by atoms with Crippen LogP contribution in [0.3, 0.4) is 0 Å². The summed E-state index contributed by atoms with van der Waals surface area (Å²) in [5.74, 6) is -52.6. The molecule has 0 unspecified atom stereocenters. The topological polar surface area (TPSA) is 40.5 Å². The molecule has 10 rings (SSSR count). The highest BCUT2D eigenvalue weighted by atomic mass is 19.2. The summed E-state index contributed by atoms with van der Waals surface area (Å²) >= 11 is 0. The summed E-state index contributed by atoms with van der Waals surface area (Å²) in [5.41, 5.74) is -19.0. The summed E-state index contributed by atoms with van der Waals surface area (Å²) in [6, 6.07) is 7.50. The monoisotopic (exact) mass is 1040 g/mol. The van der Waals surface area contributed by atoms with Crippen LogP contribution in [-0.2, 0) is 0 Å². The van der Waals surface area contributed by atoms with Crippen LogP contribution in [-0.4, -0.2) is 16.4 Å². The van der Waals surface area contributed by atoms with Gasteiger partial charge in [0.15, 0.2) is 93.1 Å². The highest BCUT2D eigenvalue weighted by Gasteiger charge is 2.39. The van der Waals surface area contributed by atoms with Crippen LogP contribution in [0.4, 0.5) is 87.8 Å². The van der Waals surface area contributed by atoms with Gasteiger partial charge in [-0.3, -0.25) is 0 Å². The maximum Gasteiger partial charge on any atom is 0.200 e. The summed E-state index contributed by atoms with van der Waals surface area (Å²) < 4.78 is 309. The van der Waals surface area contributed by atoms with Gasteiger partial charge in [0, 0.05) is 33.0 Å². The Kier molecular flexibility index (Phi) is 11.3. The molecule has 0 amide bonds. The van der Waals surface area contributed by atoms with E-state index in [9.17, 15) is 17.6 Å². The maximum atomic E-state index is 16.3. The van der Waals surface area contributed by atoms with Gasteiger partial charge in [-0.25, -0.2) is 97.8 Å². The van der Waals surface area contributed by atoms with Gasteiger partial charge in [0.1, 0.15) is 0 Å². The summed E-state index contributed by atoms with van der Waals surface area (Å²) in [7, 11) is 0. The van der Waals surface area contributed by atoms with Gasteiger partial charge >= 0.3 is 0 Å². The van der Waals surface area contributed by atoms with Crippen molar-refractivity contribution >= 4 is 33.7 Å². The Morgan fingerprint density at radius 1 is 0.260 bits per heavy atom. The van der Waals surface area contributed by atoms with Crippen LogP contribution >= 0.6 is 0 Å². The third-order valence-corrected chi connectivity index (χ3v) is 11.8. The molecule has 0 spiro atoms. The number of halogens is 20. The van der Waals surface area contributed by atoms with Crippen LogP contribution in [0.25, 0.3) is 33.4 Å².